The maximum absolute atomic E-state index is 12.6. The summed E-state index contributed by atoms with van der Waals surface area (Å²) in [6.07, 6.45) is 5.14. The molecule has 3 N–H and O–H groups in total. The number of alkyl halides is 2. The van der Waals surface area contributed by atoms with Crippen LogP contribution in [0.5, 0.6) is 11.5 Å². The van der Waals surface area contributed by atoms with Crippen LogP contribution >= 0.6 is 0 Å². The van der Waals surface area contributed by atoms with E-state index in [2.05, 4.69) is 10.1 Å². The third-order valence-corrected chi connectivity index (χ3v) is 5.32. The first-order valence-corrected chi connectivity index (χ1v) is 8.67. The zero-order valence-electron chi connectivity index (χ0n) is 14.2. The molecule has 2 unspecified atom stereocenters. The Morgan fingerprint density at radius 2 is 1.92 bits per heavy atom. The van der Waals surface area contributed by atoms with E-state index in [1.54, 1.807) is 6.07 Å². The molecule has 0 heterocycles. The molecule has 2 aliphatic carbocycles. The van der Waals surface area contributed by atoms with Crippen LogP contribution in [0.15, 0.2) is 18.2 Å². The zero-order valence-corrected chi connectivity index (χ0v) is 14.2. The Balaban J connectivity index is 1.74. The molecule has 0 aromatic heterocycles. The average molecular weight is 354 g/mol. The van der Waals surface area contributed by atoms with E-state index in [4.69, 9.17) is 10.5 Å². The molecule has 2 atom stereocenters. The van der Waals surface area contributed by atoms with Crippen molar-refractivity contribution in [1.82, 2.24) is 5.32 Å². The second-order valence-corrected chi connectivity index (χ2v) is 6.93. The van der Waals surface area contributed by atoms with Crippen molar-refractivity contribution in [2.45, 2.75) is 50.8 Å². The normalized spacial score (nSPS) is 28.5. The van der Waals surface area contributed by atoms with Crippen LogP contribution in [0.4, 0.5) is 8.78 Å². The van der Waals surface area contributed by atoms with Crippen molar-refractivity contribution in [3.05, 3.63) is 23.8 Å². The van der Waals surface area contributed by atoms with Gasteiger partial charge in [0.15, 0.2) is 11.5 Å². The molecule has 0 saturated heterocycles. The van der Waals surface area contributed by atoms with Crippen LogP contribution in [0.25, 0.3) is 0 Å². The number of amides is 1. The molecule has 2 bridgehead atoms. The number of nitrogens with one attached hydrogen (secondary N) is 1. The minimum absolute atomic E-state index is 0.0996. The largest absolute Gasteiger partial charge is 0.493 e. The Morgan fingerprint density at radius 3 is 2.52 bits per heavy atom. The summed E-state index contributed by atoms with van der Waals surface area (Å²) in [5.41, 5.74) is 6.40. The van der Waals surface area contributed by atoms with E-state index in [1.165, 1.54) is 25.7 Å². The molecule has 2 aliphatic rings. The van der Waals surface area contributed by atoms with E-state index in [1.807, 2.05) is 0 Å². The minimum Gasteiger partial charge on any atom is -0.493 e. The molecular weight excluding hydrogens is 330 g/mol. The predicted octanol–water partition coefficient (Wildman–Crippen LogP) is 2.93. The summed E-state index contributed by atoms with van der Waals surface area (Å²) in [6, 6.07) is 4.62. The lowest BCUT2D eigenvalue weighted by molar-refractivity contribution is -0.0512. The van der Waals surface area contributed by atoms with E-state index in [9.17, 15) is 13.6 Å². The van der Waals surface area contributed by atoms with Crippen molar-refractivity contribution in [3.63, 3.8) is 0 Å². The van der Waals surface area contributed by atoms with Crippen molar-refractivity contribution < 1.29 is 23.0 Å². The van der Waals surface area contributed by atoms with Gasteiger partial charge in [0.1, 0.15) is 0 Å². The van der Waals surface area contributed by atoms with Crippen LogP contribution < -0.4 is 20.5 Å². The highest BCUT2D eigenvalue weighted by atomic mass is 19.3. The van der Waals surface area contributed by atoms with E-state index in [0.717, 1.165) is 25.7 Å². The van der Waals surface area contributed by atoms with Crippen LogP contribution in [-0.2, 0) is 0 Å². The SMILES string of the molecule is COc1ccc(C(=O)NC2C3CCCC2CC(N)C3)cc1OC(F)F. The summed E-state index contributed by atoms with van der Waals surface area (Å²) in [5.74, 6) is 0.524. The maximum atomic E-state index is 12.6. The third-order valence-electron chi connectivity index (χ3n) is 5.32. The molecule has 1 aromatic rings. The van der Waals surface area contributed by atoms with Gasteiger partial charge in [-0.2, -0.15) is 8.78 Å². The first-order chi connectivity index (χ1) is 12.0. The fourth-order valence-corrected chi connectivity index (χ4v) is 4.27. The summed E-state index contributed by atoms with van der Waals surface area (Å²) >= 11 is 0. The molecule has 1 amide bonds. The minimum atomic E-state index is -2.98. The third kappa shape index (κ3) is 4.03. The highest BCUT2D eigenvalue weighted by Crippen LogP contribution is 2.40. The van der Waals surface area contributed by atoms with Gasteiger partial charge in [0.05, 0.1) is 7.11 Å². The van der Waals surface area contributed by atoms with Gasteiger partial charge in [0.25, 0.3) is 5.91 Å². The number of carbonyl (C=O) groups is 1. The Hall–Kier alpha value is -1.89. The van der Waals surface area contributed by atoms with Crippen LogP contribution in [0.1, 0.15) is 42.5 Å². The Labute approximate surface area is 145 Å². The molecule has 7 heteroatoms. The fraction of sp³-hybridized carbons (Fsp3) is 0.611. The average Bonchev–Trinajstić information content (AvgIpc) is 2.55. The number of halogens is 2. The van der Waals surface area contributed by atoms with Gasteiger partial charge >= 0.3 is 6.61 Å². The number of nitrogens with two attached hydrogens (primary N) is 1. The fourth-order valence-electron chi connectivity index (χ4n) is 4.27. The van der Waals surface area contributed by atoms with Crippen LogP contribution in [0, 0.1) is 11.8 Å². The molecule has 3 rings (SSSR count). The van der Waals surface area contributed by atoms with Crippen LogP contribution in [-0.4, -0.2) is 31.7 Å². The van der Waals surface area contributed by atoms with Gasteiger partial charge in [0, 0.05) is 17.6 Å². The predicted molar refractivity (Wildman–Crippen MR) is 88.9 cm³/mol. The molecule has 138 valence electrons. The van der Waals surface area contributed by atoms with E-state index >= 15 is 0 Å². The smallest absolute Gasteiger partial charge is 0.387 e. The quantitative estimate of drug-likeness (QED) is 0.853. The number of rotatable bonds is 5. The summed E-state index contributed by atoms with van der Waals surface area (Å²) in [7, 11) is 1.36. The molecule has 0 radical (unpaired) electrons. The van der Waals surface area contributed by atoms with E-state index in [-0.39, 0.29) is 35.1 Å². The summed E-state index contributed by atoms with van der Waals surface area (Å²) < 4.78 is 34.5. The van der Waals surface area contributed by atoms with Crippen molar-refractivity contribution in [1.29, 1.82) is 0 Å². The second-order valence-electron chi connectivity index (χ2n) is 6.93. The topological polar surface area (TPSA) is 73.6 Å². The standard InChI is InChI=1S/C18H24F2N2O3/c1-24-14-6-5-12(9-15(14)25-18(19)20)17(23)22-16-10-3-2-4-11(16)8-13(21)7-10/h5-6,9-11,13,16,18H,2-4,7-8,21H2,1H3,(H,22,23). The van der Waals surface area contributed by atoms with Gasteiger partial charge in [-0.25, -0.2) is 0 Å². The Kier molecular flexibility index (Phi) is 5.42. The summed E-state index contributed by atoms with van der Waals surface area (Å²) in [5, 5.41) is 3.10. The molecular formula is C18H24F2N2O3. The highest BCUT2D eigenvalue weighted by Gasteiger charge is 2.40. The Morgan fingerprint density at radius 1 is 1.24 bits per heavy atom. The van der Waals surface area contributed by atoms with Crippen LogP contribution in [0.2, 0.25) is 0 Å². The Bertz CT molecular complexity index is 612. The summed E-state index contributed by atoms with van der Waals surface area (Å²) in [4.78, 5) is 12.6. The van der Waals surface area contributed by atoms with E-state index < -0.39 is 6.61 Å². The number of ether oxygens (including phenoxy) is 2. The van der Waals surface area contributed by atoms with Gasteiger partial charge in [-0.15, -0.1) is 0 Å². The molecule has 2 saturated carbocycles. The van der Waals surface area contributed by atoms with Gasteiger partial charge in [0.2, 0.25) is 0 Å². The number of fused-ring (bicyclic) bond motifs is 2. The number of hydrogen-bond donors (Lipinski definition) is 2. The molecule has 25 heavy (non-hydrogen) atoms. The van der Waals surface area contributed by atoms with Crippen molar-refractivity contribution in [2.75, 3.05) is 7.11 Å². The lowest BCUT2D eigenvalue weighted by Crippen LogP contribution is -2.53. The molecule has 0 aliphatic heterocycles. The van der Waals surface area contributed by atoms with Crippen molar-refractivity contribution >= 4 is 5.91 Å². The van der Waals surface area contributed by atoms with Gasteiger partial charge in [-0.3, -0.25) is 4.79 Å². The van der Waals surface area contributed by atoms with Crippen molar-refractivity contribution in [3.8, 4) is 11.5 Å². The summed E-state index contributed by atoms with van der Waals surface area (Å²) in [6.45, 7) is -2.98. The number of benzene rings is 1. The highest BCUT2D eigenvalue weighted by molar-refractivity contribution is 5.95. The van der Waals surface area contributed by atoms with Crippen LogP contribution in [0.3, 0.4) is 0 Å². The molecule has 0 spiro atoms. The number of carbonyl (C=O) groups excluding carboxylic acids is 1. The van der Waals surface area contributed by atoms with Gasteiger partial charge < -0.3 is 20.5 Å². The van der Waals surface area contributed by atoms with Gasteiger partial charge in [-0.05, 0) is 55.7 Å². The molecule has 2 fully saturated rings. The van der Waals surface area contributed by atoms with Crippen molar-refractivity contribution in [2.24, 2.45) is 17.6 Å². The number of methoxy groups -OCH3 is 1. The first kappa shape index (κ1) is 17.9. The first-order valence-electron chi connectivity index (χ1n) is 8.67. The zero-order chi connectivity index (χ0) is 18.0. The monoisotopic (exact) mass is 354 g/mol. The van der Waals surface area contributed by atoms with Gasteiger partial charge in [-0.1, -0.05) is 6.42 Å². The molecule has 1 aromatic carbocycles. The maximum Gasteiger partial charge on any atom is 0.387 e. The molecule has 5 nitrogen and oxygen atoms in total. The lowest BCUT2D eigenvalue weighted by atomic mass is 9.67. The van der Waals surface area contributed by atoms with E-state index in [0.29, 0.717) is 11.8 Å². The number of hydrogen-bond acceptors (Lipinski definition) is 4. The lowest BCUT2D eigenvalue weighted by Gasteiger charge is -2.45. The second kappa shape index (κ2) is 7.56.